The van der Waals surface area contributed by atoms with Crippen molar-refractivity contribution in [2.24, 2.45) is 17.3 Å². The lowest BCUT2D eigenvalue weighted by Crippen LogP contribution is -2.25. The van der Waals surface area contributed by atoms with Crippen molar-refractivity contribution in [2.75, 3.05) is 6.61 Å². The third-order valence-electron chi connectivity index (χ3n) is 9.14. The van der Waals surface area contributed by atoms with Gasteiger partial charge in [0.1, 0.15) is 0 Å². The maximum Gasteiger partial charge on any atom is 0.0465 e. The number of unbranched alkanes of at least 4 members (excludes halogenated alkanes) is 2. The van der Waals surface area contributed by atoms with Gasteiger partial charge in [-0.3, -0.25) is 0 Å². The Morgan fingerprint density at radius 3 is 2.07 bits per heavy atom. The van der Waals surface area contributed by atoms with Crippen LogP contribution in [-0.2, 0) is 12.8 Å². The third kappa shape index (κ3) is 16.1. The molecule has 0 spiro atoms. The second-order valence-corrected chi connectivity index (χ2v) is 13.3. The molecule has 1 N–H and O–H groups in total. The molecule has 0 saturated heterocycles. The molecular weight excluding hydrogens is 532 g/mol. The van der Waals surface area contributed by atoms with Gasteiger partial charge < -0.3 is 5.11 Å². The summed E-state index contributed by atoms with van der Waals surface area (Å²) in [5.74, 6) is 2.04. The summed E-state index contributed by atoms with van der Waals surface area (Å²) in [6, 6.07) is 5.11. The summed E-state index contributed by atoms with van der Waals surface area (Å²) in [6.07, 6.45) is 21.9. The van der Waals surface area contributed by atoms with Crippen LogP contribution in [0.4, 0.5) is 0 Å². The molecule has 0 heterocycles. The zero-order chi connectivity index (χ0) is 34.1. The minimum absolute atomic E-state index is 0.226. The average Bonchev–Trinajstić information content (AvgIpc) is 3.00. The Labute approximate surface area is 278 Å². The molecule has 1 saturated carbocycles. The van der Waals surface area contributed by atoms with E-state index in [9.17, 15) is 0 Å². The number of rotatable bonds is 11. The van der Waals surface area contributed by atoms with Gasteiger partial charge in [-0.05, 0) is 105 Å². The lowest BCUT2D eigenvalue weighted by Gasteiger charge is -2.38. The Morgan fingerprint density at radius 2 is 1.59 bits per heavy atom. The molecule has 44 heavy (non-hydrogen) atoms. The van der Waals surface area contributed by atoms with Crippen molar-refractivity contribution in [3.8, 4) is 0 Å². The molecule has 2 aliphatic carbocycles. The topological polar surface area (TPSA) is 20.2 Å². The summed E-state index contributed by atoms with van der Waals surface area (Å²) >= 11 is 0. The Balaban J connectivity index is 0. The fourth-order valence-electron chi connectivity index (χ4n) is 6.65. The highest BCUT2D eigenvalue weighted by Crippen LogP contribution is 2.46. The Bertz CT molecular complexity index is 896. The van der Waals surface area contributed by atoms with Crippen molar-refractivity contribution in [2.45, 2.75) is 179 Å². The van der Waals surface area contributed by atoms with Crippen LogP contribution in [0.1, 0.15) is 181 Å². The first-order valence-corrected chi connectivity index (χ1v) is 18.8. The van der Waals surface area contributed by atoms with E-state index in [4.69, 9.17) is 11.7 Å². The maximum atomic E-state index is 8.00. The van der Waals surface area contributed by atoms with Gasteiger partial charge in [0.15, 0.2) is 0 Å². The molecular formula is C43H78O. The summed E-state index contributed by atoms with van der Waals surface area (Å²) < 4.78 is 0. The van der Waals surface area contributed by atoms with E-state index < -0.39 is 0 Å². The molecule has 0 radical (unpaired) electrons. The quantitative estimate of drug-likeness (QED) is 0.195. The van der Waals surface area contributed by atoms with Gasteiger partial charge in [-0.1, -0.05) is 150 Å². The average molecular weight is 611 g/mol. The monoisotopic (exact) mass is 611 g/mol. The minimum Gasteiger partial charge on any atom is -0.396 e. The number of hydrogen-bond donors (Lipinski definition) is 1. The summed E-state index contributed by atoms with van der Waals surface area (Å²) in [5, 5.41) is 8.00. The molecule has 1 nitrogen and oxygen atoms in total. The molecule has 2 aliphatic rings. The van der Waals surface area contributed by atoms with Gasteiger partial charge in [0.05, 0.1) is 0 Å². The van der Waals surface area contributed by atoms with Crippen LogP contribution in [0.5, 0.6) is 0 Å². The molecule has 2 unspecified atom stereocenters. The van der Waals surface area contributed by atoms with E-state index in [2.05, 4.69) is 80.2 Å². The van der Waals surface area contributed by atoms with Crippen LogP contribution in [-0.4, -0.2) is 11.7 Å². The van der Waals surface area contributed by atoms with Crippen LogP contribution >= 0.6 is 0 Å². The highest BCUT2D eigenvalue weighted by molar-refractivity contribution is 5.46. The molecule has 0 aromatic heterocycles. The second-order valence-electron chi connectivity index (χ2n) is 13.3. The number of aliphatic hydroxyl groups excluding tert-OH is 1. The first-order chi connectivity index (χ1) is 21.1. The molecule has 0 bridgehead atoms. The molecule has 1 aromatic carbocycles. The van der Waals surface area contributed by atoms with Crippen molar-refractivity contribution < 1.29 is 5.11 Å². The Morgan fingerprint density at radius 1 is 1.00 bits per heavy atom. The van der Waals surface area contributed by atoms with Crippen LogP contribution in [0.2, 0.25) is 0 Å². The van der Waals surface area contributed by atoms with E-state index in [1.165, 1.54) is 88.2 Å². The van der Waals surface area contributed by atoms with E-state index in [1.54, 1.807) is 28.3 Å². The SMILES string of the molecule is C=C(Cc1cc(CCCCC)cc(C)c1C1C=C(C)CCC1C(C)C)C1(C)CCCCC1.C=CCCO.CC.CC.CCC. The number of allylic oxidation sites excluding steroid dienone is 3. The van der Waals surface area contributed by atoms with E-state index in [-0.39, 0.29) is 6.61 Å². The van der Waals surface area contributed by atoms with Crippen LogP contribution in [0.3, 0.4) is 0 Å². The summed E-state index contributed by atoms with van der Waals surface area (Å²) in [6.45, 7) is 35.0. The van der Waals surface area contributed by atoms with E-state index >= 15 is 0 Å². The third-order valence-corrected chi connectivity index (χ3v) is 9.14. The van der Waals surface area contributed by atoms with Gasteiger partial charge in [-0.25, -0.2) is 0 Å². The van der Waals surface area contributed by atoms with Crippen molar-refractivity contribution in [1.29, 1.82) is 0 Å². The van der Waals surface area contributed by atoms with Crippen molar-refractivity contribution >= 4 is 0 Å². The number of aryl methyl sites for hydroxylation is 2. The van der Waals surface area contributed by atoms with E-state index in [1.807, 2.05) is 27.7 Å². The fraction of sp³-hybridized carbons (Fsp3) is 0.721. The zero-order valence-corrected chi connectivity index (χ0v) is 32.0. The number of benzene rings is 1. The highest BCUT2D eigenvalue weighted by atomic mass is 16.2. The largest absolute Gasteiger partial charge is 0.396 e. The van der Waals surface area contributed by atoms with Gasteiger partial charge in [0.25, 0.3) is 0 Å². The Hall–Kier alpha value is -1.60. The van der Waals surface area contributed by atoms with Crippen molar-refractivity contribution in [1.82, 2.24) is 0 Å². The molecule has 3 rings (SSSR count). The molecule has 256 valence electrons. The van der Waals surface area contributed by atoms with Crippen molar-refractivity contribution in [3.63, 3.8) is 0 Å². The number of aliphatic hydroxyl groups is 1. The van der Waals surface area contributed by atoms with Gasteiger partial charge >= 0.3 is 0 Å². The molecule has 0 amide bonds. The first kappa shape index (κ1) is 44.5. The predicted molar refractivity (Wildman–Crippen MR) is 203 cm³/mol. The summed E-state index contributed by atoms with van der Waals surface area (Å²) in [4.78, 5) is 0. The highest BCUT2D eigenvalue weighted by Gasteiger charge is 2.33. The smallest absolute Gasteiger partial charge is 0.0465 e. The molecule has 1 heteroatoms. The molecule has 1 fully saturated rings. The molecule has 2 atom stereocenters. The fourth-order valence-corrected chi connectivity index (χ4v) is 6.65. The number of hydrogen-bond acceptors (Lipinski definition) is 1. The maximum absolute atomic E-state index is 8.00. The van der Waals surface area contributed by atoms with Crippen LogP contribution in [0, 0.1) is 24.2 Å². The van der Waals surface area contributed by atoms with Gasteiger partial charge in [0.2, 0.25) is 0 Å². The summed E-state index contributed by atoms with van der Waals surface area (Å²) in [7, 11) is 0. The van der Waals surface area contributed by atoms with E-state index in [0.717, 1.165) is 18.3 Å². The van der Waals surface area contributed by atoms with E-state index in [0.29, 0.717) is 17.8 Å². The standard InChI is InChI=1S/C32H50.C4H8O.C3H8.2C2H6/c1-8-9-11-14-27-20-25(5)31(30-19-24(4)15-16-29(30)23(2)3)28(22-27)21-26(6)32(7)17-12-10-13-18-32;1-2-3-4-5;1-3-2;2*1-2/h19-20,22-23,29-30H,6,8-18,21H2,1-5,7H3;2,5H,1,3-4H2;3H2,1-2H3;2*1-2H3. The predicted octanol–water partition coefficient (Wildman–Crippen LogP) is 13.9. The van der Waals surface area contributed by atoms with Gasteiger partial charge in [-0.2, -0.15) is 0 Å². The summed E-state index contributed by atoms with van der Waals surface area (Å²) in [5.41, 5.74) is 9.71. The minimum atomic E-state index is 0.226. The molecule has 1 aromatic rings. The lowest BCUT2D eigenvalue weighted by atomic mass is 9.67. The molecule has 0 aliphatic heterocycles. The van der Waals surface area contributed by atoms with Gasteiger partial charge in [-0.15, -0.1) is 6.58 Å². The van der Waals surface area contributed by atoms with Crippen LogP contribution in [0.25, 0.3) is 0 Å². The normalized spacial score (nSPS) is 18.5. The van der Waals surface area contributed by atoms with Crippen LogP contribution in [0.15, 0.2) is 48.6 Å². The second kappa shape index (κ2) is 26.6. The first-order valence-electron chi connectivity index (χ1n) is 18.8. The Kier molecular flexibility index (Phi) is 26.9. The zero-order valence-electron chi connectivity index (χ0n) is 32.0. The van der Waals surface area contributed by atoms with Crippen LogP contribution < -0.4 is 0 Å². The van der Waals surface area contributed by atoms with Crippen molar-refractivity contribution in [3.05, 3.63) is 70.8 Å². The van der Waals surface area contributed by atoms with Gasteiger partial charge in [0, 0.05) is 12.5 Å². The lowest BCUT2D eigenvalue weighted by molar-refractivity contribution is 0.263.